The van der Waals surface area contributed by atoms with E-state index in [0.717, 1.165) is 17.5 Å². The number of hydrogen-bond acceptors (Lipinski definition) is 6. The summed E-state index contributed by atoms with van der Waals surface area (Å²) >= 11 is 0. The zero-order valence-corrected chi connectivity index (χ0v) is 19.7. The second-order valence-electron chi connectivity index (χ2n) is 7.90. The Morgan fingerprint density at radius 3 is 2.26 bits per heavy atom. The second-order valence-corrected chi connectivity index (χ2v) is 7.90. The Hall–Kier alpha value is -3.81. The SMILES string of the molecule is COc1ccc(C[C@H]2c3cc(OC)c(OC)cc3CCN2N=Nc2cccc(F)c2)cc1OC. The van der Waals surface area contributed by atoms with Crippen molar-refractivity contribution in [2.45, 2.75) is 18.9 Å². The minimum absolute atomic E-state index is 0.126. The molecule has 0 fully saturated rings. The smallest absolute Gasteiger partial charge is 0.161 e. The van der Waals surface area contributed by atoms with Crippen molar-refractivity contribution in [2.24, 2.45) is 10.3 Å². The first kappa shape index (κ1) is 23.4. The maximum Gasteiger partial charge on any atom is 0.161 e. The number of fused-ring (bicyclic) bond motifs is 1. The van der Waals surface area contributed by atoms with Crippen molar-refractivity contribution in [3.05, 3.63) is 77.1 Å². The third kappa shape index (κ3) is 4.90. The molecular formula is C26H28FN3O4. The van der Waals surface area contributed by atoms with Crippen LogP contribution in [0.3, 0.4) is 0 Å². The van der Waals surface area contributed by atoms with Crippen LogP contribution in [0, 0.1) is 5.82 Å². The van der Waals surface area contributed by atoms with Gasteiger partial charge in [-0.3, -0.25) is 5.01 Å². The van der Waals surface area contributed by atoms with Crippen molar-refractivity contribution in [3.8, 4) is 23.0 Å². The van der Waals surface area contributed by atoms with E-state index in [0.29, 0.717) is 41.7 Å². The number of hydrogen-bond donors (Lipinski definition) is 0. The third-order valence-electron chi connectivity index (χ3n) is 5.93. The lowest BCUT2D eigenvalue weighted by atomic mass is 9.89. The van der Waals surface area contributed by atoms with Gasteiger partial charge in [-0.1, -0.05) is 17.4 Å². The van der Waals surface area contributed by atoms with Gasteiger partial charge >= 0.3 is 0 Å². The Balaban J connectivity index is 1.73. The molecule has 7 nitrogen and oxygen atoms in total. The van der Waals surface area contributed by atoms with E-state index >= 15 is 0 Å². The topological polar surface area (TPSA) is 64.9 Å². The monoisotopic (exact) mass is 465 g/mol. The molecule has 3 aromatic rings. The lowest BCUT2D eigenvalue weighted by Gasteiger charge is -2.35. The van der Waals surface area contributed by atoms with E-state index in [1.165, 1.54) is 17.7 Å². The van der Waals surface area contributed by atoms with Crippen LogP contribution in [-0.4, -0.2) is 40.0 Å². The van der Waals surface area contributed by atoms with Gasteiger partial charge in [0.1, 0.15) is 5.82 Å². The van der Waals surface area contributed by atoms with E-state index in [2.05, 4.69) is 10.3 Å². The van der Waals surface area contributed by atoms with Crippen molar-refractivity contribution in [3.63, 3.8) is 0 Å². The van der Waals surface area contributed by atoms with Crippen LogP contribution >= 0.6 is 0 Å². The molecule has 34 heavy (non-hydrogen) atoms. The third-order valence-corrected chi connectivity index (χ3v) is 5.93. The van der Waals surface area contributed by atoms with Gasteiger partial charge in [0, 0.05) is 12.6 Å². The highest BCUT2D eigenvalue weighted by atomic mass is 19.1. The van der Waals surface area contributed by atoms with Gasteiger partial charge in [-0.15, -0.1) is 5.11 Å². The highest BCUT2D eigenvalue weighted by Crippen LogP contribution is 2.40. The van der Waals surface area contributed by atoms with Crippen LogP contribution < -0.4 is 18.9 Å². The molecule has 0 amide bonds. The second kappa shape index (κ2) is 10.4. The number of nitrogens with zero attached hydrogens (tertiary/aromatic N) is 3. The summed E-state index contributed by atoms with van der Waals surface area (Å²) in [7, 11) is 6.49. The summed E-state index contributed by atoms with van der Waals surface area (Å²) in [5.41, 5.74) is 3.76. The van der Waals surface area contributed by atoms with Crippen LogP contribution in [0.5, 0.6) is 23.0 Å². The first-order chi connectivity index (χ1) is 16.6. The molecule has 0 bridgehead atoms. The molecule has 0 unspecified atom stereocenters. The highest BCUT2D eigenvalue weighted by Gasteiger charge is 2.29. The van der Waals surface area contributed by atoms with Gasteiger partial charge in [0.05, 0.1) is 40.2 Å². The average molecular weight is 466 g/mol. The van der Waals surface area contributed by atoms with Gasteiger partial charge in [0.15, 0.2) is 23.0 Å². The van der Waals surface area contributed by atoms with Crippen LogP contribution in [-0.2, 0) is 12.8 Å². The maximum atomic E-state index is 13.6. The Kier molecular flexibility index (Phi) is 7.15. The lowest BCUT2D eigenvalue weighted by Crippen LogP contribution is -2.32. The van der Waals surface area contributed by atoms with Gasteiger partial charge < -0.3 is 18.9 Å². The first-order valence-corrected chi connectivity index (χ1v) is 11.0. The Labute approximate surface area is 198 Å². The van der Waals surface area contributed by atoms with Gasteiger partial charge in [-0.05, 0) is 65.9 Å². The zero-order valence-electron chi connectivity index (χ0n) is 19.7. The summed E-state index contributed by atoms with van der Waals surface area (Å²) < 4.78 is 35.6. The minimum atomic E-state index is -0.348. The standard InChI is InChI=1S/C26H28FN3O4/c1-31-23-9-8-17(13-24(23)32-2)12-22-21-16-26(34-4)25(33-3)14-18(21)10-11-30(22)29-28-20-7-5-6-19(27)15-20/h5-9,13-16,22H,10-12H2,1-4H3/t22-/m0/s1. The van der Waals surface area contributed by atoms with Crippen LogP contribution in [0.4, 0.5) is 10.1 Å². The van der Waals surface area contributed by atoms with Gasteiger partial charge in [0.25, 0.3) is 0 Å². The summed E-state index contributed by atoms with van der Waals surface area (Å²) in [5.74, 6) is 2.34. The molecule has 0 spiro atoms. The Morgan fingerprint density at radius 1 is 0.853 bits per heavy atom. The molecule has 1 aliphatic rings. The minimum Gasteiger partial charge on any atom is -0.493 e. The van der Waals surface area contributed by atoms with Crippen molar-refractivity contribution in [1.82, 2.24) is 5.01 Å². The summed E-state index contributed by atoms with van der Waals surface area (Å²) in [6.45, 7) is 0.652. The maximum absolute atomic E-state index is 13.6. The van der Waals surface area contributed by atoms with Crippen LogP contribution in [0.15, 0.2) is 64.9 Å². The van der Waals surface area contributed by atoms with Crippen molar-refractivity contribution in [1.29, 1.82) is 0 Å². The molecule has 4 rings (SSSR count). The highest BCUT2D eigenvalue weighted by molar-refractivity contribution is 5.50. The van der Waals surface area contributed by atoms with Crippen LogP contribution in [0.25, 0.3) is 0 Å². The molecule has 8 heteroatoms. The summed E-state index contributed by atoms with van der Waals surface area (Å²) in [6.07, 6.45) is 1.41. The number of methoxy groups -OCH3 is 4. The predicted octanol–water partition coefficient (Wildman–Crippen LogP) is 5.70. The molecule has 0 radical (unpaired) electrons. The molecule has 0 aliphatic carbocycles. The normalized spacial score (nSPS) is 15.2. The van der Waals surface area contributed by atoms with E-state index in [1.807, 2.05) is 35.3 Å². The predicted molar refractivity (Wildman–Crippen MR) is 127 cm³/mol. The molecular weight excluding hydrogens is 437 g/mol. The lowest BCUT2D eigenvalue weighted by molar-refractivity contribution is 0.177. The fourth-order valence-corrected chi connectivity index (χ4v) is 4.22. The molecule has 178 valence electrons. The molecule has 0 saturated heterocycles. The van der Waals surface area contributed by atoms with Gasteiger partial charge in [0.2, 0.25) is 0 Å². The van der Waals surface area contributed by atoms with Gasteiger partial charge in [-0.2, -0.15) is 0 Å². The molecule has 1 heterocycles. The number of halogens is 1. The van der Waals surface area contributed by atoms with E-state index in [4.69, 9.17) is 18.9 Å². The van der Waals surface area contributed by atoms with Crippen LogP contribution in [0.1, 0.15) is 22.7 Å². The summed E-state index contributed by atoms with van der Waals surface area (Å²) in [5, 5.41) is 10.8. The quantitative estimate of drug-likeness (QED) is 0.399. The molecule has 0 aromatic heterocycles. The molecule has 0 saturated carbocycles. The van der Waals surface area contributed by atoms with Crippen molar-refractivity contribution < 1.29 is 23.3 Å². The van der Waals surface area contributed by atoms with E-state index in [-0.39, 0.29) is 11.9 Å². The number of rotatable bonds is 8. The van der Waals surface area contributed by atoms with Gasteiger partial charge in [-0.25, -0.2) is 4.39 Å². The van der Waals surface area contributed by atoms with Crippen LogP contribution in [0.2, 0.25) is 0 Å². The fourth-order valence-electron chi connectivity index (χ4n) is 4.22. The zero-order chi connectivity index (χ0) is 24.1. The molecule has 1 aliphatic heterocycles. The van der Waals surface area contributed by atoms with Crippen molar-refractivity contribution >= 4 is 5.69 Å². The fraction of sp³-hybridized carbons (Fsp3) is 0.308. The summed E-state index contributed by atoms with van der Waals surface area (Å²) in [4.78, 5) is 0. The summed E-state index contributed by atoms with van der Waals surface area (Å²) in [6, 6.07) is 15.9. The van der Waals surface area contributed by atoms with E-state index in [9.17, 15) is 4.39 Å². The first-order valence-electron chi connectivity index (χ1n) is 11.0. The van der Waals surface area contributed by atoms with Crippen molar-refractivity contribution in [2.75, 3.05) is 35.0 Å². The van der Waals surface area contributed by atoms with E-state index < -0.39 is 0 Å². The average Bonchev–Trinajstić information content (AvgIpc) is 2.87. The molecule has 1 atom stereocenters. The Morgan fingerprint density at radius 2 is 1.56 bits per heavy atom. The largest absolute Gasteiger partial charge is 0.493 e. The molecule has 0 N–H and O–H groups in total. The molecule has 3 aromatic carbocycles. The number of benzene rings is 3. The Bertz CT molecular complexity index is 1180. The number of ether oxygens (including phenoxy) is 4. The van der Waals surface area contributed by atoms with E-state index in [1.54, 1.807) is 40.6 Å².